The summed E-state index contributed by atoms with van der Waals surface area (Å²) in [4.78, 5) is 19.5. The molecule has 4 heterocycles. The summed E-state index contributed by atoms with van der Waals surface area (Å²) in [5, 5.41) is 2.53. The summed E-state index contributed by atoms with van der Waals surface area (Å²) in [7, 11) is -2.91. The zero-order chi connectivity index (χ0) is 29.0. The van der Waals surface area contributed by atoms with E-state index >= 15 is 0 Å². The predicted molar refractivity (Wildman–Crippen MR) is 159 cm³/mol. The number of thioether (sulfide) groups is 1. The number of quaternary nitrogens is 1. The number of rotatable bonds is 11. The smallest absolute Gasteiger partial charge is 0.408 e. The lowest BCUT2D eigenvalue weighted by molar-refractivity contribution is -0.950. The maximum absolute atomic E-state index is 13.5. The van der Waals surface area contributed by atoms with Crippen LogP contribution in [0.1, 0.15) is 70.0 Å². The first-order chi connectivity index (χ1) is 19.8. The number of carbonyl (C=O) groups excluding carboxylic acids is 1. The molecule has 1 unspecified atom stereocenters. The monoisotopic (exact) mass is 605 g/mol. The first-order valence-corrected chi connectivity index (χ1v) is 17.7. The average Bonchev–Trinajstić information content (AvgIpc) is 2.97. The lowest BCUT2D eigenvalue weighted by Crippen LogP contribution is -3.20. The Bertz CT molecular complexity index is 1310. The average molecular weight is 606 g/mol. The van der Waals surface area contributed by atoms with Gasteiger partial charge in [-0.15, -0.1) is 0 Å². The molecule has 1 aliphatic carbocycles. The van der Waals surface area contributed by atoms with Crippen molar-refractivity contribution < 1.29 is 32.1 Å². The zero-order valence-corrected chi connectivity index (χ0v) is 25.7. The van der Waals surface area contributed by atoms with Gasteiger partial charge in [-0.05, 0) is 67.4 Å². The van der Waals surface area contributed by atoms with E-state index in [9.17, 15) is 17.8 Å². The number of nitrogens with zero attached hydrogens (tertiary/aromatic N) is 1. The van der Waals surface area contributed by atoms with Gasteiger partial charge in [0.1, 0.15) is 11.8 Å². The summed E-state index contributed by atoms with van der Waals surface area (Å²) in [5.41, 5.74) is 1.67. The van der Waals surface area contributed by atoms with Crippen LogP contribution in [0.25, 0.3) is 10.9 Å². The van der Waals surface area contributed by atoms with Crippen LogP contribution < -0.4 is 15.0 Å². The van der Waals surface area contributed by atoms with Crippen molar-refractivity contribution in [2.75, 3.05) is 31.7 Å². The van der Waals surface area contributed by atoms with Crippen LogP contribution in [0.5, 0.6) is 5.75 Å². The maximum Gasteiger partial charge on any atom is 0.408 e. The number of pyridine rings is 1. The number of carbonyl (C=O) groups is 1. The molecule has 1 aromatic heterocycles. The minimum Gasteiger partial charge on any atom is -0.748 e. The number of benzene rings is 1. The van der Waals surface area contributed by atoms with E-state index in [1.54, 1.807) is 13.3 Å². The lowest BCUT2D eigenvalue weighted by atomic mass is 9.72. The van der Waals surface area contributed by atoms with Crippen LogP contribution >= 0.6 is 11.8 Å². The number of piperidine rings is 3. The normalized spacial score (nSPS) is 28.8. The molecule has 1 aromatic carbocycles. The maximum atomic E-state index is 13.5. The van der Waals surface area contributed by atoms with Crippen molar-refractivity contribution in [3.63, 3.8) is 0 Å². The van der Waals surface area contributed by atoms with E-state index in [0.717, 1.165) is 42.4 Å². The molecular weight excluding hydrogens is 562 g/mol. The molecule has 41 heavy (non-hydrogen) atoms. The van der Waals surface area contributed by atoms with Gasteiger partial charge in [0, 0.05) is 41.9 Å². The molecule has 1 amide bonds. The van der Waals surface area contributed by atoms with E-state index in [0.29, 0.717) is 30.4 Å². The Kier molecular flexibility index (Phi) is 9.99. The van der Waals surface area contributed by atoms with Crippen molar-refractivity contribution in [1.29, 1.82) is 0 Å². The molecule has 2 bridgehead atoms. The van der Waals surface area contributed by atoms with Crippen LogP contribution in [0.2, 0.25) is 0 Å². The van der Waals surface area contributed by atoms with E-state index in [1.165, 1.54) is 35.7 Å². The summed E-state index contributed by atoms with van der Waals surface area (Å²) in [6.45, 7) is 4.33. The second-order valence-corrected chi connectivity index (χ2v) is 14.7. The first-order valence-electron chi connectivity index (χ1n) is 15.0. The summed E-state index contributed by atoms with van der Waals surface area (Å²) in [6.07, 6.45) is 7.23. The SMILES string of the molecule is CCCSCC[C@H]1C[NH+]2CC[C@H]1C[C@H]2[C@H](OC(=O)N[C@H]1CCCC[C@@H]1S(=O)(=O)[O-])c1ccnc2ccc(OC)cc12. The van der Waals surface area contributed by atoms with Gasteiger partial charge in [0.25, 0.3) is 0 Å². The third kappa shape index (κ3) is 7.12. The molecule has 6 rings (SSSR count). The van der Waals surface area contributed by atoms with E-state index in [-0.39, 0.29) is 12.5 Å². The quantitative estimate of drug-likeness (QED) is 0.294. The van der Waals surface area contributed by atoms with Gasteiger partial charge in [-0.1, -0.05) is 19.8 Å². The minimum absolute atomic E-state index is 0.0706. The number of alkyl carbamates (subject to hydrolysis) is 1. The molecule has 2 N–H and O–H groups in total. The lowest BCUT2D eigenvalue weighted by Gasteiger charge is -2.49. The molecule has 3 saturated heterocycles. The second kappa shape index (κ2) is 13.5. The molecule has 11 heteroatoms. The molecular formula is C30H43N3O6S2. The highest BCUT2D eigenvalue weighted by atomic mass is 32.2. The molecule has 9 nitrogen and oxygen atoms in total. The molecule has 4 aliphatic rings. The molecule has 226 valence electrons. The van der Waals surface area contributed by atoms with Crippen LogP contribution in [-0.2, 0) is 14.9 Å². The predicted octanol–water partition coefficient (Wildman–Crippen LogP) is 3.69. The van der Waals surface area contributed by atoms with Gasteiger partial charge in [-0.25, -0.2) is 13.2 Å². The highest BCUT2D eigenvalue weighted by Gasteiger charge is 2.48. The molecule has 1 saturated carbocycles. The molecule has 4 fully saturated rings. The molecule has 0 radical (unpaired) electrons. The van der Waals surface area contributed by atoms with Crippen LogP contribution in [0.15, 0.2) is 30.5 Å². The number of ether oxygens (including phenoxy) is 2. The van der Waals surface area contributed by atoms with Gasteiger partial charge < -0.3 is 24.2 Å². The fourth-order valence-corrected chi connectivity index (χ4v) is 9.32. The topological polar surface area (TPSA) is 122 Å². The number of hydrogen-bond donors (Lipinski definition) is 2. The van der Waals surface area contributed by atoms with Gasteiger partial charge in [-0.3, -0.25) is 4.98 Å². The number of nitrogens with one attached hydrogen (secondary N) is 2. The van der Waals surface area contributed by atoms with Gasteiger partial charge >= 0.3 is 6.09 Å². The zero-order valence-electron chi connectivity index (χ0n) is 24.0. The van der Waals surface area contributed by atoms with Crippen molar-refractivity contribution >= 4 is 38.9 Å². The van der Waals surface area contributed by atoms with Crippen LogP contribution in [0.3, 0.4) is 0 Å². The van der Waals surface area contributed by atoms with E-state index in [2.05, 4.69) is 17.2 Å². The van der Waals surface area contributed by atoms with Crippen molar-refractivity contribution in [2.45, 2.75) is 81.7 Å². The standard InChI is InChI=1S/C30H43N3O6S2/c1-3-15-40-16-12-21-19-33-14-11-20(21)17-27(33)29(23-10-13-31-25-9-8-22(38-2)18-24(23)25)39-30(34)32-26-6-4-5-7-28(26)41(35,36)37/h8-10,13,18,20-21,26-29H,3-7,11-12,14-17,19H2,1-2H3,(H,32,34)(H,35,36,37)/t20-,21-,26-,27-,28-,29+/m0/s1. The third-order valence-electron chi connectivity index (χ3n) is 9.35. The number of amides is 1. The Morgan fingerprint density at radius 3 is 2.78 bits per heavy atom. The Morgan fingerprint density at radius 2 is 2.05 bits per heavy atom. The molecule has 3 aliphatic heterocycles. The number of aromatic nitrogens is 1. The number of fused-ring (bicyclic) bond motifs is 4. The highest BCUT2D eigenvalue weighted by molar-refractivity contribution is 7.99. The largest absolute Gasteiger partial charge is 0.748 e. The first kappa shape index (κ1) is 30.4. The number of methoxy groups -OCH3 is 1. The summed E-state index contributed by atoms with van der Waals surface area (Å²) >= 11 is 2.04. The second-order valence-electron chi connectivity index (χ2n) is 11.8. The van der Waals surface area contributed by atoms with Gasteiger partial charge in [0.15, 0.2) is 6.10 Å². The van der Waals surface area contributed by atoms with Crippen molar-refractivity contribution in [1.82, 2.24) is 10.3 Å². The summed E-state index contributed by atoms with van der Waals surface area (Å²) < 4.78 is 47.6. The molecule has 2 aromatic rings. The van der Waals surface area contributed by atoms with Crippen LogP contribution in [0, 0.1) is 11.8 Å². The Morgan fingerprint density at radius 1 is 1.22 bits per heavy atom. The fourth-order valence-electron chi connectivity index (χ4n) is 7.30. The van der Waals surface area contributed by atoms with Crippen LogP contribution in [0.4, 0.5) is 4.79 Å². The van der Waals surface area contributed by atoms with E-state index < -0.39 is 33.6 Å². The molecule has 7 atom stereocenters. The van der Waals surface area contributed by atoms with E-state index in [1.807, 2.05) is 36.0 Å². The van der Waals surface area contributed by atoms with Crippen molar-refractivity contribution in [2.24, 2.45) is 11.8 Å². The minimum atomic E-state index is -4.53. The molecule has 0 spiro atoms. The third-order valence-corrected chi connectivity index (χ3v) is 11.9. The fraction of sp³-hybridized carbons (Fsp3) is 0.667. The highest BCUT2D eigenvalue weighted by Crippen LogP contribution is 2.38. The number of hydrogen-bond acceptors (Lipinski definition) is 8. The van der Waals surface area contributed by atoms with Crippen molar-refractivity contribution in [3.8, 4) is 5.75 Å². The van der Waals surface area contributed by atoms with E-state index in [4.69, 9.17) is 9.47 Å². The Balaban J connectivity index is 1.41. The van der Waals surface area contributed by atoms with Crippen LogP contribution in [-0.4, -0.2) is 73.1 Å². The Labute approximate surface area is 247 Å². The van der Waals surface area contributed by atoms with Gasteiger partial charge in [-0.2, -0.15) is 11.8 Å². The van der Waals surface area contributed by atoms with Crippen molar-refractivity contribution in [3.05, 3.63) is 36.0 Å². The summed E-state index contributed by atoms with van der Waals surface area (Å²) in [6, 6.07) is 6.96. The Hall–Kier alpha value is -2.08. The summed E-state index contributed by atoms with van der Waals surface area (Å²) in [5.74, 6) is 4.35. The van der Waals surface area contributed by atoms with Gasteiger partial charge in [0.2, 0.25) is 0 Å². The van der Waals surface area contributed by atoms with Gasteiger partial charge in [0.05, 0.1) is 41.1 Å².